The molecule has 2 heterocycles. The van der Waals surface area contributed by atoms with Crippen molar-refractivity contribution in [1.82, 2.24) is 4.98 Å². The summed E-state index contributed by atoms with van der Waals surface area (Å²) in [6.07, 6.45) is 0. The highest BCUT2D eigenvalue weighted by Crippen LogP contribution is 2.26. The van der Waals surface area contributed by atoms with E-state index in [1.54, 1.807) is 16.7 Å². The van der Waals surface area contributed by atoms with Crippen molar-refractivity contribution in [3.63, 3.8) is 0 Å². The van der Waals surface area contributed by atoms with Crippen molar-refractivity contribution in [3.05, 3.63) is 57.5 Å². The molecule has 0 saturated heterocycles. The highest BCUT2D eigenvalue weighted by atomic mass is 32.2. The quantitative estimate of drug-likeness (QED) is 0.666. The number of esters is 1. The van der Waals surface area contributed by atoms with Crippen LogP contribution in [-0.2, 0) is 21.4 Å². The molecule has 0 saturated carbocycles. The van der Waals surface area contributed by atoms with Crippen LogP contribution in [0.2, 0.25) is 0 Å². The number of hydrogen-bond acceptors (Lipinski definition) is 7. The summed E-state index contributed by atoms with van der Waals surface area (Å²) >= 11 is 2.94. The average Bonchev–Trinajstić information content (AvgIpc) is 3.23. The smallest absolute Gasteiger partial charge is 0.341 e. The average molecular weight is 398 g/mol. The van der Waals surface area contributed by atoms with E-state index in [1.165, 1.54) is 11.3 Å². The number of carbonyl (C=O) groups is 1. The summed E-state index contributed by atoms with van der Waals surface area (Å²) in [4.78, 5) is 16.0. The van der Waals surface area contributed by atoms with Crippen LogP contribution in [-0.4, -0.2) is 19.4 Å². The van der Waals surface area contributed by atoms with Crippen molar-refractivity contribution in [2.24, 2.45) is 5.14 Å². The number of sulfonamides is 1. The third kappa shape index (κ3) is 4.10. The molecule has 0 bridgehead atoms. The molecule has 10 heteroatoms. The molecule has 130 valence electrons. The molecule has 2 aromatic heterocycles. The Balaban J connectivity index is 1.73. The van der Waals surface area contributed by atoms with Gasteiger partial charge in [0.15, 0.2) is 0 Å². The predicted octanol–water partition coefficient (Wildman–Crippen LogP) is 3.02. The van der Waals surface area contributed by atoms with E-state index in [0.29, 0.717) is 5.69 Å². The third-order valence-corrected chi connectivity index (χ3v) is 5.69. The van der Waals surface area contributed by atoms with Gasteiger partial charge in [-0.15, -0.1) is 11.3 Å². The molecule has 2 N–H and O–H groups in total. The highest BCUT2D eigenvalue weighted by molar-refractivity contribution is 7.89. The number of carbonyl (C=O) groups excluding carboxylic acids is 1. The van der Waals surface area contributed by atoms with E-state index >= 15 is 0 Å². The standard InChI is InChI=1S/C15H11FN2O4S3/c16-13-2-1-11(25(17,20)21)5-12(13)15(19)22-6-10-8-24-14(18-10)9-3-4-23-7-9/h1-5,7-8H,6H2,(H2,17,20,21). The van der Waals surface area contributed by atoms with Crippen molar-refractivity contribution in [1.29, 1.82) is 0 Å². The maximum atomic E-state index is 13.8. The molecule has 0 aliphatic heterocycles. The van der Waals surface area contributed by atoms with Crippen LogP contribution in [0, 0.1) is 5.82 Å². The fraction of sp³-hybridized carbons (Fsp3) is 0.0667. The molecule has 3 aromatic rings. The Bertz CT molecular complexity index is 1010. The minimum atomic E-state index is -4.05. The maximum Gasteiger partial charge on any atom is 0.341 e. The number of primary sulfonamides is 1. The van der Waals surface area contributed by atoms with Crippen LogP contribution in [0.25, 0.3) is 10.6 Å². The summed E-state index contributed by atoms with van der Waals surface area (Å²) in [6.45, 7) is -0.154. The first-order valence-corrected chi connectivity index (χ1v) is 10.2. The number of nitrogens with two attached hydrogens (primary N) is 1. The number of ether oxygens (including phenoxy) is 1. The molecule has 0 aliphatic carbocycles. The summed E-state index contributed by atoms with van der Waals surface area (Å²) in [6, 6.07) is 4.61. The van der Waals surface area contributed by atoms with Gasteiger partial charge in [0.2, 0.25) is 10.0 Å². The molecule has 6 nitrogen and oxygen atoms in total. The Morgan fingerprint density at radius 3 is 2.76 bits per heavy atom. The zero-order valence-corrected chi connectivity index (χ0v) is 15.0. The number of thiazole rings is 1. The highest BCUT2D eigenvalue weighted by Gasteiger charge is 2.18. The van der Waals surface area contributed by atoms with E-state index in [4.69, 9.17) is 9.88 Å². The SMILES string of the molecule is NS(=O)(=O)c1ccc(F)c(C(=O)OCc2csc(-c3ccsc3)n2)c1. The van der Waals surface area contributed by atoms with Gasteiger partial charge in [-0.2, -0.15) is 11.3 Å². The maximum absolute atomic E-state index is 13.8. The number of hydrogen-bond donors (Lipinski definition) is 1. The van der Waals surface area contributed by atoms with E-state index in [2.05, 4.69) is 4.98 Å². The second kappa shape index (κ2) is 7.00. The largest absolute Gasteiger partial charge is 0.455 e. The lowest BCUT2D eigenvalue weighted by Gasteiger charge is -2.06. The topological polar surface area (TPSA) is 99.4 Å². The second-order valence-electron chi connectivity index (χ2n) is 4.92. The molecular weight excluding hydrogens is 387 g/mol. The van der Waals surface area contributed by atoms with E-state index < -0.39 is 27.4 Å². The number of rotatable bonds is 5. The lowest BCUT2D eigenvalue weighted by Crippen LogP contribution is -2.14. The summed E-state index contributed by atoms with van der Waals surface area (Å²) < 4.78 is 41.4. The molecule has 0 amide bonds. The first-order valence-electron chi connectivity index (χ1n) is 6.81. The zero-order chi connectivity index (χ0) is 18.0. The Hall–Kier alpha value is -2.14. The Kier molecular flexibility index (Phi) is 4.95. The van der Waals surface area contributed by atoms with Gasteiger partial charge < -0.3 is 4.74 Å². The number of benzene rings is 1. The van der Waals surface area contributed by atoms with Gasteiger partial charge in [0.25, 0.3) is 0 Å². The van der Waals surface area contributed by atoms with Crippen LogP contribution in [0.5, 0.6) is 0 Å². The number of thiophene rings is 1. The summed E-state index contributed by atoms with van der Waals surface area (Å²) in [7, 11) is -4.05. The van der Waals surface area contributed by atoms with Crippen molar-refractivity contribution >= 4 is 38.7 Å². The molecule has 25 heavy (non-hydrogen) atoms. The lowest BCUT2D eigenvalue weighted by molar-refractivity contribution is 0.0463. The molecule has 1 aromatic carbocycles. The summed E-state index contributed by atoms with van der Waals surface area (Å²) in [5.41, 5.74) is 0.988. The van der Waals surface area contributed by atoms with Crippen LogP contribution >= 0.6 is 22.7 Å². The van der Waals surface area contributed by atoms with Gasteiger partial charge in [0, 0.05) is 16.3 Å². The van der Waals surface area contributed by atoms with Crippen LogP contribution in [0.4, 0.5) is 4.39 Å². The van der Waals surface area contributed by atoms with Crippen molar-refractivity contribution in [2.45, 2.75) is 11.5 Å². The van der Waals surface area contributed by atoms with Gasteiger partial charge in [-0.1, -0.05) is 0 Å². The van der Waals surface area contributed by atoms with E-state index in [1.807, 2.05) is 16.8 Å². The Labute approximate surface area is 150 Å². The molecule has 0 spiro atoms. The first kappa shape index (κ1) is 17.7. The normalized spacial score (nSPS) is 11.4. The van der Waals surface area contributed by atoms with Gasteiger partial charge in [-0.25, -0.2) is 27.7 Å². The summed E-state index contributed by atoms with van der Waals surface area (Å²) in [5, 5.41) is 11.4. The van der Waals surface area contributed by atoms with Crippen molar-refractivity contribution in [3.8, 4) is 10.6 Å². The van der Waals surface area contributed by atoms with Crippen LogP contribution in [0.15, 0.2) is 45.3 Å². The molecule has 0 fully saturated rings. The number of aromatic nitrogens is 1. The molecule has 0 atom stereocenters. The van der Waals surface area contributed by atoms with Gasteiger partial charge in [-0.05, 0) is 29.6 Å². The second-order valence-corrected chi connectivity index (χ2v) is 8.12. The van der Waals surface area contributed by atoms with E-state index in [0.717, 1.165) is 28.8 Å². The van der Waals surface area contributed by atoms with Gasteiger partial charge in [0.05, 0.1) is 16.2 Å². The zero-order valence-electron chi connectivity index (χ0n) is 12.5. The number of nitrogens with zero attached hydrogens (tertiary/aromatic N) is 1. The fourth-order valence-corrected chi connectivity index (χ4v) is 4.00. The van der Waals surface area contributed by atoms with Crippen molar-refractivity contribution < 1.29 is 22.3 Å². The summed E-state index contributed by atoms with van der Waals surface area (Å²) in [5.74, 6) is -1.89. The minimum Gasteiger partial charge on any atom is -0.455 e. The van der Waals surface area contributed by atoms with Gasteiger partial charge in [0.1, 0.15) is 17.4 Å². The number of halogens is 1. The lowest BCUT2D eigenvalue weighted by atomic mass is 10.2. The van der Waals surface area contributed by atoms with E-state index in [-0.39, 0.29) is 11.5 Å². The van der Waals surface area contributed by atoms with Gasteiger partial charge >= 0.3 is 5.97 Å². The molecular formula is C15H11FN2O4S3. The monoisotopic (exact) mass is 398 g/mol. The van der Waals surface area contributed by atoms with Gasteiger partial charge in [-0.3, -0.25) is 0 Å². The third-order valence-electron chi connectivity index (χ3n) is 3.16. The van der Waals surface area contributed by atoms with Crippen LogP contribution in [0.1, 0.15) is 16.1 Å². The molecule has 0 unspecified atom stereocenters. The predicted molar refractivity (Wildman–Crippen MR) is 92.3 cm³/mol. The minimum absolute atomic E-state index is 0.154. The van der Waals surface area contributed by atoms with Crippen LogP contribution < -0.4 is 5.14 Å². The van der Waals surface area contributed by atoms with E-state index in [9.17, 15) is 17.6 Å². The van der Waals surface area contributed by atoms with Crippen molar-refractivity contribution in [2.75, 3.05) is 0 Å². The molecule has 0 radical (unpaired) electrons. The first-order chi connectivity index (χ1) is 11.8. The van der Waals surface area contributed by atoms with Crippen LogP contribution in [0.3, 0.4) is 0 Å². The molecule has 3 rings (SSSR count). The fourth-order valence-electron chi connectivity index (χ4n) is 1.95. The Morgan fingerprint density at radius 1 is 1.28 bits per heavy atom. The molecule has 0 aliphatic rings. The Morgan fingerprint density at radius 2 is 2.08 bits per heavy atom.